The minimum atomic E-state index is -0.228. The van der Waals surface area contributed by atoms with Crippen LogP contribution in [0, 0.1) is 5.92 Å². The van der Waals surface area contributed by atoms with E-state index in [1.165, 1.54) is 12.8 Å². The first-order chi connectivity index (χ1) is 8.64. The first-order valence-electron chi connectivity index (χ1n) is 7.20. The number of hydrogen-bond donors (Lipinski definition) is 2. The molecule has 4 heteroatoms. The van der Waals surface area contributed by atoms with Gasteiger partial charge in [-0.1, -0.05) is 6.92 Å². The highest BCUT2D eigenvalue weighted by Crippen LogP contribution is 2.39. The topological polar surface area (TPSA) is 50.7 Å². The van der Waals surface area contributed by atoms with E-state index in [0.29, 0.717) is 25.7 Å². The lowest BCUT2D eigenvalue weighted by Gasteiger charge is -2.33. The van der Waals surface area contributed by atoms with Gasteiger partial charge in [-0.25, -0.2) is 0 Å². The second-order valence-corrected chi connectivity index (χ2v) is 5.49. The number of rotatable bonds is 11. The van der Waals surface area contributed by atoms with Gasteiger partial charge in [-0.15, -0.1) is 0 Å². The van der Waals surface area contributed by atoms with Crippen LogP contribution in [0.15, 0.2) is 0 Å². The molecule has 0 bridgehead atoms. The van der Waals surface area contributed by atoms with Crippen LogP contribution < -0.4 is 5.32 Å². The van der Waals surface area contributed by atoms with E-state index in [1.54, 1.807) is 0 Å². The molecule has 0 amide bonds. The van der Waals surface area contributed by atoms with Gasteiger partial charge in [0.2, 0.25) is 0 Å². The molecule has 0 spiro atoms. The second kappa shape index (κ2) is 8.10. The van der Waals surface area contributed by atoms with Crippen molar-refractivity contribution in [1.82, 2.24) is 5.32 Å². The van der Waals surface area contributed by atoms with Crippen LogP contribution in [0.2, 0.25) is 0 Å². The van der Waals surface area contributed by atoms with Crippen LogP contribution in [0.3, 0.4) is 0 Å². The summed E-state index contributed by atoms with van der Waals surface area (Å²) in [5.41, 5.74) is -0.228. The lowest BCUT2D eigenvalue weighted by atomic mass is 9.95. The summed E-state index contributed by atoms with van der Waals surface area (Å²) in [6, 6.07) is 0. The van der Waals surface area contributed by atoms with E-state index in [4.69, 9.17) is 9.47 Å². The quantitative estimate of drug-likeness (QED) is 0.553. The van der Waals surface area contributed by atoms with Crippen molar-refractivity contribution in [2.75, 3.05) is 33.0 Å². The number of aliphatic hydroxyl groups is 1. The van der Waals surface area contributed by atoms with Crippen LogP contribution >= 0.6 is 0 Å². The fraction of sp³-hybridized carbons (Fsp3) is 1.00. The predicted molar refractivity (Wildman–Crippen MR) is 72.7 cm³/mol. The molecule has 1 unspecified atom stereocenters. The van der Waals surface area contributed by atoms with Crippen molar-refractivity contribution in [2.45, 2.75) is 51.7 Å². The maximum absolute atomic E-state index is 9.68. The van der Waals surface area contributed by atoms with E-state index < -0.39 is 0 Å². The molecule has 0 aromatic rings. The predicted octanol–water partition coefficient (Wildman–Crippen LogP) is 1.57. The zero-order valence-corrected chi connectivity index (χ0v) is 12.1. The van der Waals surface area contributed by atoms with Crippen molar-refractivity contribution in [3.63, 3.8) is 0 Å². The summed E-state index contributed by atoms with van der Waals surface area (Å²) in [4.78, 5) is 0. The normalized spacial score (nSPS) is 19.2. The molecular weight excluding hydrogens is 230 g/mol. The smallest absolute Gasteiger partial charge is 0.0703 e. The standard InChI is InChI=1S/C14H29NO3/c1-4-7-15-14(10-16,13-5-6-13)11-17-8-9-18-12(2)3/h12-13,15-16H,4-11H2,1-3H3. The van der Waals surface area contributed by atoms with Crippen LogP contribution in [-0.2, 0) is 9.47 Å². The third-order valence-corrected chi connectivity index (χ3v) is 3.41. The fourth-order valence-corrected chi connectivity index (χ4v) is 2.15. The largest absolute Gasteiger partial charge is 0.394 e. The maximum Gasteiger partial charge on any atom is 0.0703 e. The van der Waals surface area contributed by atoms with Crippen molar-refractivity contribution in [3.05, 3.63) is 0 Å². The summed E-state index contributed by atoms with van der Waals surface area (Å²) in [6.45, 7) is 9.06. The summed E-state index contributed by atoms with van der Waals surface area (Å²) >= 11 is 0. The molecule has 2 N–H and O–H groups in total. The summed E-state index contributed by atoms with van der Waals surface area (Å²) in [5.74, 6) is 0.570. The van der Waals surface area contributed by atoms with Gasteiger partial charge in [0.05, 0.1) is 38.1 Å². The Hall–Kier alpha value is -0.160. The lowest BCUT2D eigenvalue weighted by Crippen LogP contribution is -2.54. The van der Waals surface area contributed by atoms with E-state index in [1.807, 2.05) is 13.8 Å². The minimum absolute atomic E-state index is 0.155. The highest BCUT2D eigenvalue weighted by atomic mass is 16.5. The molecule has 108 valence electrons. The highest BCUT2D eigenvalue weighted by Gasteiger charge is 2.44. The number of hydrogen-bond acceptors (Lipinski definition) is 4. The molecule has 1 aliphatic carbocycles. The van der Waals surface area contributed by atoms with E-state index in [2.05, 4.69) is 12.2 Å². The molecule has 0 heterocycles. The van der Waals surface area contributed by atoms with Crippen LogP contribution in [-0.4, -0.2) is 49.7 Å². The fourth-order valence-electron chi connectivity index (χ4n) is 2.15. The third kappa shape index (κ3) is 5.22. The van der Waals surface area contributed by atoms with Gasteiger partial charge in [0.1, 0.15) is 0 Å². The molecule has 4 nitrogen and oxygen atoms in total. The molecule has 0 radical (unpaired) electrons. The molecule has 1 aliphatic rings. The summed E-state index contributed by atoms with van der Waals surface area (Å²) in [7, 11) is 0. The van der Waals surface area contributed by atoms with Crippen molar-refractivity contribution in [2.24, 2.45) is 5.92 Å². The SMILES string of the molecule is CCCNC(CO)(COCCOC(C)C)C1CC1. The van der Waals surface area contributed by atoms with Gasteiger partial charge in [0, 0.05) is 0 Å². The van der Waals surface area contributed by atoms with Gasteiger partial charge < -0.3 is 19.9 Å². The van der Waals surface area contributed by atoms with E-state index in [0.717, 1.165) is 13.0 Å². The molecule has 1 rings (SSSR count). The Bertz CT molecular complexity index is 219. The molecule has 0 aromatic carbocycles. The lowest BCUT2D eigenvalue weighted by molar-refractivity contribution is -0.0166. The van der Waals surface area contributed by atoms with Gasteiger partial charge in [-0.2, -0.15) is 0 Å². The number of aliphatic hydroxyl groups excluding tert-OH is 1. The third-order valence-electron chi connectivity index (χ3n) is 3.41. The van der Waals surface area contributed by atoms with Gasteiger partial charge in [0.25, 0.3) is 0 Å². The Balaban J connectivity index is 2.27. The molecule has 1 saturated carbocycles. The molecule has 0 aliphatic heterocycles. The van der Waals surface area contributed by atoms with Crippen LogP contribution in [0.4, 0.5) is 0 Å². The molecule has 1 atom stereocenters. The van der Waals surface area contributed by atoms with Gasteiger partial charge in [-0.05, 0) is 45.6 Å². The highest BCUT2D eigenvalue weighted by molar-refractivity contribution is 5.00. The Morgan fingerprint density at radius 3 is 2.56 bits per heavy atom. The Morgan fingerprint density at radius 1 is 1.33 bits per heavy atom. The molecule has 0 saturated heterocycles. The summed E-state index contributed by atoms with van der Waals surface area (Å²) in [5, 5.41) is 13.2. The summed E-state index contributed by atoms with van der Waals surface area (Å²) in [6.07, 6.45) is 3.72. The van der Waals surface area contributed by atoms with Crippen molar-refractivity contribution in [3.8, 4) is 0 Å². The number of ether oxygens (including phenoxy) is 2. The minimum Gasteiger partial charge on any atom is -0.394 e. The van der Waals surface area contributed by atoms with Gasteiger partial charge in [0.15, 0.2) is 0 Å². The Morgan fingerprint density at radius 2 is 2.06 bits per heavy atom. The van der Waals surface area contributed by atoms with E-state index in [9.17, 15) is 5.11 Å². The average Bonchev–Trinajstić information content (AvgIpc) is 3.17. The second-order valence-electron chi connectivity index (χ2n) is 5.49. The molecular formula is C14H29NO3. The molecule has 0 aromatic heterocycles. The zero-order valence-electron chi connectivity index (χ0n) is 12.1. The van der Waals surface area contributed by atoms with Crippen LogP contribution in [0.1, 0.15) is 40.0 Å². The van der Waals surface area contributed by atoms with Crippen LogP contribution in [0.5, 0.6) is 0 Å². The van der Waals surface area contributed by atoms with Crippen LogP contribution in [0.25, 0.3) is 0 Å². The van der Waals surface area contributed by atoms with E-state index >= 15 is 0 Å². The van der Waals surface area contributed by atoms with E-state index in [-0.39, 0.29) is 18.2 Å². The summed E-state index contributed by atoms with van der Waals surface area (Å²) < 4.78 is 11.1. The monoisotopic (exact) mass is 259 g/mol. The zero-order chi connectivity index (χ0) is 13.4. The van der Waals surface area contributed by atoms with Gasteiger partial charge in [-0.3, -0.25) is 0 Å². The average molecular weight is 259 g/mol. The Labute approximate surface area is 111 Å². The van der Waals surface area contributed by atoms with Crippen molar-refractivity contribution < 1.29 is 14.6 Å². The Kier molecular flexibility index (Phi) is 7.15. The van der Waals surface area contributed by atoms with Crippen molar-refractivity contribution >= 4 is 0 Å². The molecule has 18 heavy (non-hydrogen) atoms. The first kappa shape index (κ1) is 15.9. The molecule has 1 fully saturated rings. The van der Waals surface area contributed by atoms with Crippen molar-refractivity contribution in [1.29, 1.82) is 0 Å². The number of nitrogens with one attached hydrogen (secondary N) is 1. The first-order valence-corrected chi connectivity index (χ1v) is 7.20. The maximum atomic E-state index is 9.68. The van der Waals surface area contributed by atoms with Gasteiger partial charge >= 0.3 is 0 Å².